The molecule has 0 amide bonds. The minimum atomic E-state index is -3.29. The van der Waals surface area contributed by atoms with E-state index < -0.39 is 34.7 Å². The van der Waals surface area contributed by atoms with Gasteiger partial charge >= 0.3 is 0 Å². The summed E-state index contributed by atoms with van der Waals surface area (Å²) < 4.78 is 53.9. The number of thioether (sulfide) groups is 1. The molecule has 3 N–H and O–H groups in total. The number of aliphatic hydroxyl groups is 1. The topological polar surface area (TPSA) is 133 Å². The van der Waals surface area contributed by atoms with Gasteiger partial charge in [-0.3, -0.25) is 15.0 Å². The van der Waals surface area contributed by atoms with Gasteiger partial charge in [0.2, 0.25) is 11.8 Å². The predicted molar refractivity (Wildman–Crippen MR) is 132 cm³/mol. The number of alkyl halides is 2. The molecule has 0 spiro atoms. The molecule has 0 aromatic carbocycles. The summed E-state index contributed by atoms with van der Waals surface area (Å²) >= 11 is 0.632. The Bertz CT molecular complexity index is 1570. The summed E-state index contributed by atoms with van der Waals surface area (Å²) in [6, 6.07) is 5.03. The molecule has 1 aliphatic heterocycles. The SMILES string of the molecule is C[C@]1(c2cc(Cc3nccc4cc(OCc5ncco5)cnc34)cnc2F)N=C(N)S[C@]2(CO)[C@H]1C2(F)F. The van der Waals surface area contributed by atoms with E-state index in [1.165, 1.54) is 31.6 Å². The first kappa shape index (κ1) is 24.6. The van der Waals surface area contributed by atoms with Crippen molar-refractivity contribution in [3.63, 3.8) is 0 Å². The van der Waals surface area contributed by atoms with Crippen LogP contribution in [0.15, 0.2) is 58.7 Å². The van der Waals surface area contributed by atoms with Gasteiger partial charge in [0.05, 0.1) is 36.1 Å². The maximum Gasteiger partial charge on any atom is 0.272 e. The highest BCUT2D eigenvalue weighted by atomic mass is 32.2. The summed E-state index contributed by atoms with van der Waals surface area (Å²) in [4.78, 5) is 21.0. The van der Waals surface area contributed by atoms with Gasteiger partial charge in [0, 0.05) is 29.8 Å². The number of aliphatic imine (C=N–C) groups is 1. The summed E-state index contributed by atoms with van der Waals surface area (Å²) in [6.07, 6.45) is 7.67. The predicted octanol–water partition coefficient (Wildman–Crippen LogP) is 3.59. The minimum absolute atomic E-state index is 0.117. The molecule has 0 radical (unpaired) electrons. The van der Waals surface area contributed by atoms with Gasteiger partial charge in [-0.1, -0.05) is 11.8 Å². The molecule has 9 nitrogen and oxygen atoms in total. The van der Waals surface area contributed by atoms with E-state index in [0.717, 1.165) is 5.39 Å². The van der Waals surface area contributed by atoms with Gasteiger partial charge < -0.3 is 20.0 Å². The Morgan fingerprint density at radius 2 is 2.00 bits per heavy atom. The molecule has 1 saturated carbocycles. The third-order valence-electron chi connectivity index (χ3n) is 7.04. The van der Waals surface area contributed by atoms with E-state index in [2.05, 4.69) is 24.9 Å². The van der Waals surface area contributed by atoms with E-state index in [4.69, 9.17) is 14.9 Å². The molecule has 196 valence electrons. The Hall–Kier alpha value is -3.71. The lowest BCUT2D eigenvalue weighted by Crippen LogP contribution is -2.37. The summed E-state index contributed by atoms with van der Waals surface area (Å²) in [5, 5.41) is 10.4. The van der Waals surface area contributed by atoms with Crippen molar-refractivity contribution in [2.75, 3.05) is 6.61 Å². The van der Waals surface area contributed by atoms with Crippen LogP contribution in [-0.4, -0.2) is 47.5 Å². The lowest BCUT2D eigenvalue weighted by molar-refractivity contribution is 0.0684. The average molecular weight is 543 g/mol. The largest absolute Gasteiger partial charge is 0.482 e. The normalized spacial score (nSPS) is 25.6. The molecule has 38 heavy (non-hydrogen) atoms. The van der Waals surface area contributed by atoms with Gasteiger partial charge in [-0.05, 0) is 30.7 Å². The summed E-state index contributed by atoms with van der Waals surface area (Å²) in [7, 11) is 0. The first-order valence-corrected chi connectivity index (χ1v) is 12.4. The molecular weight excluding hydrogens is 521 g/mol. The monoisotopic (exact) mass is 542 g/mol. The molecule has 2 aliphatic rings. The second kappa shape index (κ2) is 8.67. The van der Waals surface area contributed by atoms with Crippen molar-refractivity contribution in [2.24, 2.45) is 16.6 Å². The Morgan fingerprint density at radius 3 is 2.76 bits per heavy atom. The van der Waals surface area contributed by atoms with Gasteiger partial charge in [-0.15, -0.1) is 0 Å². The second-order valence-electron chi connectivity index (χ2n) is 9.38. The number of nitrogens with two attached hydrogens (primary N) is 1. The quantitative estimate of drug-likeness (QED) is 0.336. The maximum absolute atomic E-state index is 15.0. The zero-order valence-corrected chi connectivity index (χ0v) is 20.8. The molecule has 4 aromatic heterocycles. The molecule has 3 atom stereocenters. The zero-order valence-electron chi connectivity index (χ0n) is 19.9. The highest BCUT2D eigenvalue weighted by molar-refractivity contribution is 8.15. The fourth-order valence-electron chi connectivity index (χ4n) is 5.23. The fraction of sp³-hybridized carbons (Fsp3) is 0.320. The van der Waals surface area contributed by atoms with Crippen molar-refractivity contribution in [3.05, 3.63) is 77.9 Å². The second-order valence-corrected chi connectivity index (χ2v) is 10.7. The van der Waals surface area contributed by atoms with Crippen molar-refractivity contribution >= 4 is 27.8 Å². The number of aromatic nitrogens is 4. The Balaban J connectivity index is 1.31. The highest BCUT2D eigenvalue weighted by Crippen LogP contribution is 2.74. The van der Waals surface area contributed by atoms with Crippen LogP contribution in [-0.2, 0) is 18.6 Å². The van der Waals surface area contributed by atoms with Crippen LogP contribution in [0.2, 0.25) is 0 Å². The zero-order chi connectivity index (χ0) is 26.7. The molecule has 1 aliphatic carbocycles. The van der Waals surface area contributed by atoms with Crippen molar-refractivity contribution < 1.29 is 27.4 Å². The van der Waals surface area contributed by atoms with Gasteiger partial charge in [0.25, 0.3) is 5.92 Å². The molecule has 0 saturated heterocycles. The van der Waals surface area contributed by atoms with Crippen LogP contribution in [0.3, 0.4) is 0 Å². The molecule has 6 rings (SSSR count). The number of hydrogen-bond donors (Lipinski definition) is 2. The summed E-state index contributed by atoms with van der Waals surface area (Å²) in [5.74, 6) is -4.72. The number of rotatable bonds is 7. The standard InChI is InChI=1S/C25H21F3N6O3S/c1-23(21-24(12-35,25(21,27)28)38-22(29)34-23)16-6-13(9-33-20(16)26)7-17-19-14(2-3-30-17)8-15(10-32-19)37-11-18-31-4-5-36-18/h2-6,8-10,21,35H,7,11-12H2,1H3,(H2,29,34)/t21-,23+,24+/m0/s1. The Labute approximate surface area is 218 Å². The molecule has 0 bridgehead atoms. The number of ether oxygens (including phenoxy) is 1. The van der Waals surface area contributed by atoms with E-state index in [1.54, 1.807) is 24.5 Å². The minimum Gasteiger partial charge on any atom is -0.482 e. The van der Waals surface area contributed by atoms with Crippen LogP contribution >= 0.6 is 11.8 Å². The first-order chi connectivity index (χ1) is 18.2. The number of fused-ring (bicyclic) bond motifs is 2. The van der Waals surface area contributed by atoms with Gasteiger partial charge in [0.15, 0.2) is 11.8 Å². The fourth-order valence-corrected chi connectivity index (χ4v) is 6.59. The molecule has 1 fully saturated rings. The van der Waals surface area contributed by atoms with Gasteiger partial charge in [-0.25, -0.2) is 18.7 Å². The summed E-state index contributed by atoms with van der Waals surface area (Å²) in [5.41, 5.74) is 5.74. The van der Waals surface area contributed by atoms with Crippen molar-refractivity contribution in [1.82, 2.24) is 19.9 Å². The summed E-state index contributed by atoms with van der Waals surface area (Å²) in [6.45, 7) is 0.728. The van der Waals surface area contributed by atoms with E-state index in [9.17, 15) is 13.9 Å². The molecule has 0 unspecified atom stereocenters. The Morgan fingerprint density at radius 1 is 1.16 bits per heavy atom. The van der Waals surface area contributed by atoms with Gasteiger partial charge in [-0.2, -0.15) is 4.39 Å². The lowest BCUT2D eigenvalue weighted by atomic mass is 9.85. The lowest BCUT2D eigenvalue weighted by Gasteiger charge is -2.31. The third-order valence-corrected chi connectivity index (χ3v) is 8.35. The number of hydrogen-bond acceptors (Lipinski definition) is 10. The van der Waals surface area contributed by atoms with Crippen LogP contribution in [0, 0.1) is 11.9 Å². The van der Waals surface area contributed by atoms with Crippen molar-refractivity contribution in [3.8, 4) is 5.75 Å². The number of amidine groups is 1. The van der Waals surface area contributed by atoms with Crippen molar-refractivity contribution in [1.29, 1.82) is 0 Å². The van der Waals surface area contributed by atoms with Crippen molar-refractivity contribution in [2.45, 2.75) is 36.2 Å². The molecular formula is C25H21F3N6O3S. The smallest absolute Gasteiger partial charge is 0.272 e. The number of oxazole rings is 1. The molecule has 13 heteroatoms. The number of nitrogens with zero attached hydrogens (tertiary/aromatic N) is 5. The van der Waals surface area contributed by atoms with E-state index in [1.807, 2.05) is 0 Å². The van der Waals surface area contributed by atoms with E-state index >= 15 is 4.39 Å². The highest BCUT2D eigenvalue weighted by Gasteiger charge is 2.87. The third kappa shape index (κ3) is 3.71. The van der Waals surface area contributed by atoms with E-state index in [-0.39, 0.29) is 23.8 Å². The van der Waals surface area contributed by atoms with Crippen LogP contribution in [0.25, 0.3) is 10.9 Å². The van der Waals surface area contributed by atoms with Crippen LogP contribution in [0.5, 0.6) is 5.75 Å². The number of aliphatic hydroxyl groups excluding tert-OH is 1. The Kier molecular flexibility index (Phi) is 5.61. The number of halogens is 3. The molecule has 5 heterocycles. The van der Waals surface area contributed by atoms with E-state index in [0.29, 0.717) is 40.2 Å². The molecule has 4 aromatic rings. The number of pyridine rings is 3. The average Bonchev–Trinajstić information content (AvgIpc) is 3.19. The maximum atomic E-state index is 15.0. The van der Waals surface area contributed by atoms with Crippen LogP contribution in [0.4, 0.5) is 13.2 Å². The first-order valence-electron chi connectivity index (χ1n) is 11.6. The van der Waals surface area contributed by atoms with Crippen LogP contribution in [0.1, 0.15) is 29.6 Å². The van der Waals surface area contributed by atoms with Gasteiger partial charge in [0.1, 0.15) is 22.3 Å². The van der Waals surface area contributed by atoms with Crippen LogP contribution < -0.4 is 10.5 Å².